The van der Waals surface area contributed by atoms with Gasteiger partial charge in [0, 0.05) is 17.5 Å². The molecule has 0 aliphatic rings. The van der Waals surface area contributed by atoms with Crippen LogP contribution in [0, 0.1) is 18.2 Å². The minimum atomic E-state index is -0.466. The van der Waals surface area contributed by atoms with Gasteiger partial charge in [0.25, 0.3) is 5.91 Å². The third-order valence-electron chi connectivity index (χ3n) is 2.80. The van der Waals surface area contributed by atoms with Gasteiger partial charge < -0.3 is 11.1 Å². The van der Waals surface area contributed by atoms with Crippen LogP contribution in [-0.2, 0) is 0 Å². The van der Waals surface area contributed by atoms with Crippen molar-refractivity contribution in [1.29, 1.82) is 0 Å². The molecular weight excluding hydrogens is 251 g/mol. The van der Waals surface area contributed by atoms with E-state index in [2.05, 4.69) is 5.32 Å². The topological polar surface area (TPSA) is 55.1 Å². The van der Waals surface area contributed by atoms with Crippen LogP contribution < -0.4 is 11.1 Å². The van der Waals surface area contributed by atoms with E-state index in [9.17, 15) is 9.18 Å². The van der Waals surface area contributed by atoms with Gasteiger partial charge in [-0.3, -0.25) is 4.79 Å². The van der Waals surface area contributed by atoms with Gasteiger partial charge in [0.2, 0.25) is 0 Å². The van der Waals surface area contributed by atoms with Crippen molar-refractivity contribution in [1.82, 2.24) is 5.32 Å². The number of nitrogens with one attached hydrogen (secondary N) is 1. The fraction of sp³-hybridized carbons (Fsp3) is 0.385. The maximum atomic E-state index is 13.1. The predicted octanol–water partition coefficient (Wildman–Crippen LogP) is 2.18. The van der Waals surface area contributed by atoms with Crippen LogP contribution in [-0.4, -0.2) is 17.4 Å². The molecule has 1 aromatic rings. The van der Waals surface area contributed by atoms with Gasteiger partial charge in [-0.1, -0.05) is 32.1 Å². The molecular formula is C13H17FN2OS. The molecule has 0 fully saturated rings. The fourth-order valence-corrected chi connectivity index (χ4v) is 1.39. The maximum absolute atomic E-state index is 13.1. The SMILES string of the molecule is Cc1ccc(F)cc1C(=O)NCC(C)(C)C(N)=S. The summed E-state index contributed by atoms with van der Waals surface area (Å²) in [6, 6.07) is 4.12. The van der Waals surface area contributed by atoms with E-state index < -0.39 is 11.2 Å². The summed E-state index contributed by atoms with van der Waals surface area (Å²) in [7, 11) is 0. The number of hydrogen-bond acceptors (Lipinski definition) is 2. The van der Waals surface area contributed by atoms with Crippen molar-refractivity contribution >= 4 is 23.1 Å². The fourth-order valence-electron chi connectivity index (χ4n) is 1.32. The molecule has 0 aromatic heterocycles. The van der Waals surface area contributed by atoms with Gasteiger partial charge in [0.05, 0.1) is 4.99 Å². The summed E-state index contributed by atoms with van der Waals surface area (Å²) in [5.74, 6) is -0.754. The second-order valence-electron chi connectivity index (χ2n) is 4.89. The zero-order valence-electron chi connectivity index (χ0n) is 10.7. The van der Waals surface area contributed by atoms with Crippen molar-refractivity contribution in [2.45, 2.75) is 20.8 Å². The first-order valence-electron chi connectivity index (χ1n) is 5.58. The number of amides is 1. The molecule has 3 nitrogen and oxygen atoms in total. The van der Waals surface area contributed by atoms with E-state index in [1.807, 2.05) is 13.8 Å². The normalized spacial score (nSPS) is 11.1. The molecule has 0 unspecified atom stereocenters. The Morgan fingerprint density at radius 3 is 2.67 bits per heavy atom. The van der Waals surface area contributed by atoms with Crippen molar-refractivity contribution in [3.8, 4) is 0 Å². The average molecular weight is 268 g/mol. The van der Waals surface area contributed by atoms with Crippen LogP contribution in [0.5, 0.6) is 0 Å². The van der Waals surface area contributed by atoms with E-state index in [1.165, 1.54) is 12.1 Å². The molecule has 5 heteroatoms. The third-order valence-corrected chi connectivity index (χ3v) is 3.35. The van der Waals surface area contributed by atoms with Crippen molar-refractivity contribution in [2.24, 2.45) is 11.1 Å². The molecule has 0 aliphatic carbocycles. The van der Waals surface area contributed by atoms with Gasteiger partial charge in [-0.25, -0.2) is 4.39 Å². The first-order valence-corrected chi connectivity index (χ1v) is 5.99. The number of carbonyl (C=O) groups excluding carboxylic acids is 1. The lowest BCUT2D eigenvalue weighted by molar-refractivity contribution is 0.0944. The summed E-state index contributed by atoms with van der Waals surface area (Å²) in [4.78, 5) is 12.3. The number of rotatable bonds is 4. The van der Waals surface area contributed by atoms with Gasteiger partial charge in [-0.2, -0.15) is 0 Å². The highest BCUT2D eigenvalue weighted by Gasteiger charge is 2.22. The first kappa shape index (κ1) is 14.6. The van der Waals surface area contributed by atoms with Crippen LogP contribution >= 0.6 is 12.2 Å². The molecule has 1 rings (SSSR count). The predicted molar refractivity (Wildman–Crippen MR) is 74.0 cm³/mol. The summed E-state index contributed by atoms with van der Waals surface area (Å²) in [6.07, 6.45) is 0. The van der Waals surface area contributed by atoms with Crippen LogP contribution in [0.3, 0.4) is 0 Å². The minimum Gasteiger partial charge on any atom is -0.393 e. The Balaban J connectivity index is 2.78. The Bertz CT molecular complexity index is 486. The monoisotopic (exact) mass is 268 g/mol. The smallest absolute Gasteiger partial charge is 0.251 e. The molecule has 0 radical (unpaired) electrons. The number of nitrogens with two attached hydrogens (primary N) is 1. The second-order valence-corrected chi connectivity index (χ2v) is 5.33. The maximum Gasteiger partial charge on any atom is 0.251 e. The molecule has 98 valence electrons. The van der Waals surface area contributed by atoms with Crippen LogP contribution in [0.15, 0.2) is 18.2 Å². The molecule has 0 saturated carbocycles. The van der Waals surface area contributed by atoms with Crippen LogP contribution in [0.2, 0.25) is 0 Å². The van der Waals surface area contributed by atoms with Gasteiger partial charge in [-0.05, 0) is 24.6 Å². The van der Waals surface area contributed by atoms with E-state index >= 15 is 0 Å². The molecule has 0 heterocycles. The van der Waals surface area contributed by atoms with Crippen molar-refractivity contribution in [2.75, 3.05) is 6.54 Å². The van der Waals surface area contributed by atoms with E-state index in [-0.39, 0.29) is 5.91 Å². The molecule has 0 aliphatic heterocycles. The standard InChI is InChI=1S/C13H17FN2OS/c1-8-4-5-9(14)6-10(8)11(17)16-7-13(2,3)12(15)18/h4-6H,7H2,1-3H3,(H2,15,18)(H,16,17). The second kappa shape index (κ2) is 5.44. The molecule has 18 heavy (non-hydrogen) atoms. The number of hydrogen-bond donors (Lipinski definition) is 2. The van der Waals surface area contributed by atoms with Gasteiger partial charge in [0.1, 0.15) is 5.82 Å². The quantitative estimate of drug-likeness (QED) is 0.823. The van der Waals surface area contributed by atoms with Gasteiger partial charge >= 0.3 is 0 Å². The van der Waals surface area contributed by atoms with Crippen LogP contribution in [0.1, 0.15) is 29.8 Å². The summed E-state index contributed by atoms with van der Waals surface area (Å²) < 4.78 is 13.1. The van der Waals surface area contributed by atoms with Gasteiger partial charge in [-0.15, -0.1) is 0 Å². The summed E-state index contributed by atoms with van der Waals surface area (Å²) in [5.41, 5.74) is 6.15. The van der Waals surface area contributed by atoms with Crippen molar-refractivity contribution in [3.63, 3.8) is 0 Å². The molecule has 1 amide bonds. The summed E-state index contributed by atoms with van der Waals surface area (Å²) in [6.45, 7) is 5.76. The van der Waals surface area contributed by atoms with Crippen molar-refractivity contribution < 1.29 is 9.18 Å². The number of aryl methyl sites for hydroxylation is 1. The van der Waals surface area contributed by atoms with E-state index in [0.717, 1.165) is 5.56 Å². The highest BCUT2D eigenvalue weighted by molar-refractivity contribution is 7.80. The van der Waals surface area contributed by atoms with Crippen LogP contribution in [0.25, 0.3) is 0 Å². The van der Waals surface area contributed by atoms with E-state index in [4.69, 9.17) is 18.0 Å². The molecule has 0 spiro atoms. The van der Waals surface area contributed by atoms with E-state index in [0.29, 0.717) is 17.1 Å². The lowest BCUT2D eigenvalue weighted by atomic mass is 9.93. The lowest BCUT2D eigenvalue weighted by Gasteiger charge is -2.23. The Kier molecular flexibility index (Phi) is 4.40. The van der Waals surface area contributed by atoms with Crippen LogP contribution in [0.4, 0.5) is 4.39 Å². The molecule has 3 N–H and O–H groups in total. The zero-order chi connectivity index (χ0) is 13.9. The minimum absolute atomic E-state index is 0.317. The number of carbonyl (C=O) groups is 1. The molecule has 1 aromatic carbocycles. The summed E-state index contributed by atoms with van der Waals surface area (Å²) >= 11 is 4.91. The number of benzene rings is 1. The van der Waals surface area contributed by atoms with Crippen molar-refractivity contribution in [3.05, 3.63) is 35.1 Å². The number of halogens is 1. The Hall–Kier alpha value is -1.49. The molecule has 0 saturated heterocycles. The Morgan fingerprint density at radius 1 is 1.50 bits per heavy atom. The first-order chi connectivity index (χ1) is 8.24. The summed E-state index contributed by atoms with van der Waals surface area (Å²) in [5, 5.41) is 2.72. The zero-order valence-corrected chi connectivity index (χ0v) is 11.5. The van der Waals surface area contributed by atoms with Gasteiger partial charge in [0.15, 0.2) is 0 Å². The average Bonchev–Trinajstić information content (AvgIpc) is 2.29. The molecule has 0 atom stereocenters. The Morgan fingerprint density at radius 2 is 2.11 bits per heavy atom. The molecule has 0 bridgehead atoms. The largest absolute Gasteiger partial charge is 0.393 e. The third kappa shape index (κ3) is 3.50. The number of thiocarbonyl (C=S) groups is 1. The Labute approximate surface area is 112 Å². The van der Waals surface area contributed by atoms with E-state index in [1.54, 1.807) is 13.0 Å². The highest BCUT2D eigenvalue weighted by atomic mass is 32.1. The lowest BCUT2D eigenvalue weighted by Crippen LogP contribution is -2.41. The highest BCUT2D eigenvalue weighted by Crippen LogP contribution is 2.15.